The summed E-state index contributed by atoms with van der Waals surface area (Å²) in [6.45, 7) is 0. The number of nitrogens with one attached hydrogen (secondary N) is 2. The normalized spacial score (nSPS) is 10.8. The molecule has 0 unspecified atom stereocenters. The maximum atomic E-state index is 12.9. The molecule has 0 aliphatic rings. The Balaban J connectivity index is 1.69. The van der Waals surface area contributed by atoms with Crippen LogP contribution in [0.3, 0.4) is 0 Å². The molecule has 0 spiro atoms. The average Bonchev–Trinajstić information content (AvgIpc) is 3.19. The largest absolute Gasteiger partial charge is 0.493 e. The van der Waals surface area contributed by atoms with Crippen molar-refractivity contribution in [2.45, 2.75) is 0 Å². The number of hydrazone groups is 1. The number of methoxy groups -OCH3 is 2. The zero-order chi connectivity index (χ0) is 19.2. The first-order valence-corrected chi connectivity index (χ1v) is 7.97. The van der Waals surface area contributed by atoms with Crippen LogP contribution in [0.5, 0.6) is 11.5 Å². The van der Waals surface area contributed by atoms with Crippen LogP contribution in [0.2, 0.25) is 0 Å². The summed E-state index contributed by atoms with van der Waals surface area (Å²) in [5, 5.41) is 10.7. The number of carbonyl (C=O) groups excluding carboxylic acids is 1. The van der Waals surface area contributed by atoms with E-state index >= 15 is 0 Å². The molecule has 0 atom stereocenters. The van der Waals surface area contributed by atoms with Gasteiger partial charge in [0, 0.05) is 5.56 Å². The van der Waals surface area contributed by atoms with Gasteiger partial charge in [-0.05, 0) is 42.0 Å². The van der Waals surface area contributed by atoms with Crippen LogP contribution < -0.4 is 14.9 Å². The summed E-state index contributed by atoms with van der Waals surface area (Å²) in [7, 11) is 3.10. The number of halogens is 1. The van der Waals surface area contributed by atoms with Crippen molar-refractivity contribution >= 4 is 12.1 Å². The van der Waals surface area contributed by atoms with Gasteiger partial charge in [0.1, 0.15) is 11.5 Å². The van der Waals surface area contributed by atoms with Crippen LogP contribution in [0, 0.1) is 5.82 Å². The molecule has 0 aliphatic carbocycles. The summed E-state index contributed by atoms with van der Waals surface area (Å²) in [6.07, 6.45) is 1.42. The molecule has 2 N–H and O–H groups in total. The molecule has 27 heavy (non-hydrogen) atoms. The molecule has 3 aromatic rings. The first-order chi connectivity index (χ1) is 13.1. The van der Waals surface area contributed by atoms with E-state index in [2.05, 4.69) is 20.7 Å². The second-order valence-corrected chi connectivity index (χ2v) is 5.49. The molecular weight excluding hydrogens is 351 g/mol. The number of rotatable bonds is 6. The molecule has 1 aromatic heterocycles. The fourth-order valence-electron chi connectivity index (χ4n) is 2.36. The number of benzene rings is 2. The standard InChI is InChI=1S/C19H17FN4O3/c1-26-17-8-5-13(9-18(17)27-2)15-10-16(23-22-15)19(25)24-21-11-12-3-6-14(20)7-4-12/h3-11H,1-2H3,(H,22,23)(H,24,25)/b21-11-. The maximum absolute atomic E-state index is 12.9. The SMILES string of the molecule is COc1ccc(-c2cc(C(=O)N/N=C\c3ccc(F)cc3)[nH]n2)cc1OC. The Morgan fingerprint density at radius 2 is 1.85 bits per heavy atom. The van der Waals surface area contributed by atoms with E-state index in [-0.39, 0.29) is 11.5 Å². The first-order valence-electron chi connectivity index (χ1n) is 7.97. The van der Waals surface area contributed by atoms with Crippen LogP contribution in [-0.2, 0) is 0 Å². The molecule has 0 fully saturated rings. The van der Waals surface area contributed by atoms with Crippen molar-refractivity contribution in [3.63, 3.8) is 0 Å². The van der Waals surface area contributed by atoms with E-state index in [1.807, 2.05) is 6.07 Å². The molecule has 3 rings (SSSR count). The highest BCUT2D eigenvalue weighted by Gasteiger charge is 2.12. The lowest BCUT2D eigenvalue weighted by atomic mass is 10.1. The zero-order valence-corrected chi connectivity index (χ0v) is 14.7. The van der Waals surface area contributed by atoms with Gasteiger partial charge in [-0.3, -0.25) is 9.89 Å². The van der Waals surface area contributed by atoms with Gasteiger partial charge in [0.25, 0.3) is 5.91 Å². The Labute approximate surface area is 154 Å². The third kappa shape index (κ3) is 4.30. The van der Waals surface area contributed by atoms with Gasteiger partial charge in [-0.1, -0.05) is 12.1 Å². The molecular formula is C19H17FN4O3. The van der Waals surface area contributed by atoms with Crippen LogP contribution in [0.4, 0.5) is 4.39 Å². The number of amides is 1. The Bertz CT molecular complexity index is 967. The van der Waals surface area contributed by atoms with E-state index in [0.717, 1.165) is 5.56 Å². The van der Waals surface area contributed by atoms with E-state index in [0.29, 0.717) is 22.8 Å². The Hall–Kier alpha value is -3.68. The van der Waals surface area contributed by atoms with Crippen molar-refractivity contribution in [3.8, 4) is 22.8 Å². The van der Waals surface area contributed by atoms with Gasteiger partial charge in [0.2, 0.25) is 0 Å². The van der Waals surface area contributed by atoms with Gasteiger partial charge in [-0.25, -0.2) is 9.82 Å². The molecule has 1 heterocycles. The Morgan fingerprint density at radius 1 is 1.11 bits per heavy atom. The van der Waals surface area contributed by atoms with E-state index in [1.165, 1.54) is 18.3 Å². The summed E-state index contributed by atoms with van der Waals surface area (Å²) >= 11 is 0. The minimum atomic E-state index is -0.451. The molecule has 138 valence electrons. The van der Waals surface area contributed by atoms with Gasteiger partial charge in [-0.15, -0.1) is 0 Å². The molecule has 8 heteroatoms. The lowest BCUT2D eigenvalue weighted by molar-refractivity contribution is 0.0950. The van der Waals surface area contributed by atoms with Gasteiger partial charge >= 0.3 is 0 Å². The van der Waals surface area contributed by atoms with E-state index < -0.39 is 5.91 Å². The second-order valence-electron chi connectivity index (χ2n) is 5.49. The number of H-pyrrole nitrogens is 1. The second kappa shape index (κ2) is 8.13. The number of aromatic nitrogens is 2. The molecule has 0 bridgehead atoms. The summed E-state index contributed by atoms with van der Waals surface area (Å²) < 4.78 is 23.3. The molecule has 2 aromatic carbocycles. The summed E-state index contributed by atoms with van der Waals surface area (Å²) in [5.74, 6) is 0.377. The predicted octanol–water partition coefficient (Wildman–Crippen LogP) is 3.00. The summed E-state index contributed by atoms with van der Waals surface area (Å²) in [5.41, 5.74) is 4.63. The summed E-state index contributed by atoms with van der Waals surface area (Å²) in [4.78, 5) is 12.2. The van der Waals surface area contributed by atoms with Crippen molar-refractivity contribution in [1.82, 2.24) is 15.6 Å². The minimum absolute atomic E-state index is 0.246. The average molecular weight is 368 g/mol. The number of nitrogens with zero attached hydrogens (tertiary/aromatic N) is 2. The quantitative estimate of drug-likeness (QED) is 0.517. The Kier molecular flexibility index (Phi) is 5.46. The van der Waals surface area contributed by atoms with Crippen LogP contribution in [0.15, 0.2) is 53.6 Å². The van der Waals surface area contributed by atoms with E-state index in [4.69, 9.17) is 9.47 Å². The molecule has 1 amide bonds. The topological polar surface area (TPSA) is 88.6 Å². The van der Waals surface area contributed by atoms with E-state index in [1.54, 1.807) is 44.6 Å². The monoisotopic (exact) mass is 368 g/mol. The van der Waals surface area contributed by atoms with Crippen LogP contribution >= 0.6 is 0 Å². The fourth-order valence-corrected chi connectivity index (χ4v) is 2.36. The highest BCUT2D eigenvalue weighted by Crippen LogP contribution is 2.31. The van der Waals surface area contributed by atoms with Crippen molar-refractivity contribution in [2.75, 3.05) is 14.2 Å². The van der Waals surface area contributed by atoms with Gasteiger partial charge in [0.15, 0.2) is 11.5 Å². The number of ether oxygens (including phenoxy) is 2. The molecule has 0 saturated heterocycles. The molecule has 7 nitrogen and oxygen atoms in total. The van der Waals surface area contributed by atoms with Crippen LogP contribution in [0.1, 0.15) is 16.1 Å². The van der Waals surface area contributed by atoms with Crippen LogP contribution in [-0.4, -0.2) is 36.5 Å². The minimum Gasteiger partial charge on any atom is -0.493 e. The van der Waals surface area contributed by atoms with Crippen molar-refractivity contribution in [1.29, 1.82) is 0 Å². The number of carbonyl (C=O) groups is 1. The predicted molar refractivity (Wildman–Crippen MR) is 98.6 cm³/mol. The maximum Gasteiger partial charge on any atom is 0.289 e. The first kappa shape index (κ1) is 18.1. The zero-order valence-electron chi connectivity index (χ0n) is 14.7. The highest BCUT2D eigenvalue weighted by atomic mass is 19.1. The smallest absolute Gasteiger partial charge is 0.289 e. The summed E-state index contributed by atoms with van der Waals surface area (Å²) in [6, 6.07) is 12.7. The van der Waals surface area contributed by atoms with Crippen molar-refractivity contribution in [2.24, 2.45) is 5.10 Å². The number of aromatic amines is 1. The van der Waals surface area contributed by atoms with Crippen LogP contribution in [0.25, 0.3) is 11.3 Å². The fraction of sp³-hybridized carbons (Fsp3) is 0.105. The number of hydrogen-bond acceptors (Lipinski definition) is 5. The number of hydrogen-bond donors (Lipinski definition) is 2. The highest BCUT2D eigenvalue weighted by molar-refractivity contribution is 5.94. The lowest BCUT2D eigenvalue weighted by Crippen LogP contribution is -2.17. The van der Waals surface area contributed by atoms with E-state index in [9.17, 15) is 9.18 Å². The molecule has 0 aliphatic heterocycles. The molecule has 0 radical (unpaired) electrons. The lowest BCUT2D eigenvalue weighted by Gasteiger charge is -2.08. The van der Waals surface area contributed by atoms with Gasteiger partial charge < -0.3 is 9.47 Å². The Morgan fingerprint density at radius 3 is 2.56 bits per heavy atom. The third-order valence-corrected chi connectivity index (χ3v) is 3.75. The van der Waals surface area contributed by atoms with Gasteiger partial charge in [0.05, 0.1) is 26.1 Å². The van der Waals surface area contributed by atoms with Crippen molar-refractivity contribution in [3.05, 3.63) is 65.6 Å². The third-order valence-electron chi connectivity index (χ3n) is 3.75. The molecule has 0 saturated carbocycles. The van der Waals surface area contributed by atoms with Gasteiger partial charge in [-0.2, -0.15) is 10.2 Å². The van der Waals surface area contributed by atoms with Crippen molar-refractivity contribution < 1.29 is 18.7 Å².